The lowest BCUT2D eigenvalue weighted by Crippen LogP contribution is -2.16. The van der Waals surface area contributed by atoms with Crippen LogP contribution in [0, 0.1) is 5.92 Å². The van der Waals surface area contributed by atoms with Gasteiger partial charge in [0, 0.05) is 30.8 Å². The third kappa shape index (κ3) is 11.8. The molecule has 2 N–H and O–H groups in total. The number of unbranched alkanes of at least 4 members (excludes halogenated alkanes) is 1. The number of carboxylic acid groups (broad SMARTS) is 1. The van der Waals surface area contributed by atoms with Crippen molar-refractivity contribution in [3.8, 4) is 5.75 Å². The topological polar surface area (TPSA) is 67.2 Å². The molecule has 6 heteroatoms. The average Bonchev–Trinajstić information content (AvgIpc) is 2.58. The Morgan fingerprint density at radius 3 is 1.66 bits per heavy atom. The zero-order chi connectivity index (χ0) is 22.6. The molecule has 0 aliphatic heterocycles. The van der Waals surface area contributed by atoms with Gasteiger partial charge in [0.25, 0.3) is 0 Å². The van der Waals surface area contributed by atoms with Crippen LogP contribution >= 0.6 is 0 Å². The lowest BCUT2D eigenvalue weighted by Gasteiger charge is -2.19. The Morgan fingerprint density at radius 1 is 0.897 bits per heavy atom. The number of hydrogen-bond donors (Lipinski definition) is 2. The molecule has 1 rings (SSSR count). The van der Waals surface area contributed by atoms with E-state index in [-0.39, 0.29) is 5.92 Å². The Morgan fingerprint density at radius 2 is 1.34 bits per heavy atom. The fourth-order valence-electron chi connectivity index (χ4n) is 3.16. The maximum atomic E-state index is 10.4. The molecule has 0 spiro atoms. The summed E-state index contributed by atoms with van der Waals surface area (Å²) in [6.07, 6.45) is 3.71. The predicted molar refractivity (Wildman–Crippen MR) is 121 cm³/mol. The molecule has 0 bridgehead atoms. The molecule has 0 saturated heterocycles. The number of hydrogen-bond acceptors (Lipinski definition) is 5. The molecule has 1 aromatic rings. The van der Waals surface area contributed by atoms with Crippen molar-refractivity contribution in [2.75, 3.05) is 42.3 Å². The molecular weight excluding hydrogens is 366 g/mol. The van der Waals surface area contributed by atoms with Gasteiger partial charge in [0.2, 0.25) is 0 Å². The molecule has 0 heterocycles. The largest absolute Gasteiger partial charge is 0.507 e. The zero-order valence-corrected chi connectivity index (χ0v) is 19.8. The fourth-order valence-corrected chi connectivity index (χ4v) is 3.16. The van der Waals surface area contributed by atoms with Crippen molar-refractivity contribution in [2.24, 2.45) is 5.92 Å². The Labute approximate surface area is 178 Å². The number of nitrogens with zero attached hydrogens (tertiary/aromatic N) is 3. The van der Waals surface area contributed by atoms with Gasteiger partial charge >= 0.3 is 5.97 Å². The molecule has 0 aliphatic carbocycles. The van der Waals surface area contributed by atoms with E-state index in [0.717, 1.165) is 56.4 Å². The summed E-state index contributed by atoms with van der Waals surface area (Å²) in [6, 6.07) is 4.21. The van der Waals surface area contributed by atoms with Gasteiger partial charge in [-0.1, -0.05) is 26.7 Å². The molecule has 29 heavy (non-hydrogen) atoms. The molecule has 1 atom stereocenters. The van der Waals surface area contributed by atoms with E-state index in [1.165, 1.54) is 5.56 Å². The summed E-state index contributed by atoms with van der Waals surface area (Å²) >= 11 is 0. The van der Waals surface area contributed by atoms with Crippen LogP contribution in [0.3, 0.4) is 0 Å². The highest BCUT2D eigenvalue weighted by Crippen LogP contribution is 2.27. The summed E-state index contributed by atoms with van der Waals surface area (Å²) in [5, 5.41) is 19.0. The molecule has 0 aliphatic rings. The van der Waals surface area contributed by atoms with Crippen molar-refractivity contribution in [1.82, 2.24) is 14.7 Å². The number of carboxylic acids is 1. The third-order valence-electron chi connectivity index (χ3n) is 4.55. The van der Waals surface area contributed by atoms with E-state index < -0.39 is 5.97 Å². The SMILES string of the molecule is CCCC[C@H](CC)C(=O)O.CN(C)Cc1cc(CN(C)C)c(O)c(CN(C)C)c1. The van der Waals surface area contributed by atoms with Crippen molar-refractivity contribution in [2.45, 2.75) is 59.2 Å². The van der Waals surface area contributed by atoms with E-state index in [9.17, 15) is 9.90 Å². The molecule has 1 aromatic carbocycles. The first kappa shape index (κ1) is 27.4. The summed E-state index contributed by atoms with van der Waals surface area (Å²) < 4.78 is 0. The van der Waals surface area contributed by atoms with Crippen LogP contribution in [0.25, 0.3) is 0 Å². The normalized spacial score (nSPS) is 12.2. The lowest BCUT2D eigenvalue weighted by molar-refractivity contribution is -0.142. The van der Waals surface area contributed by atoms with Crippen LogP contribution in [0.4, 0.5) is 0 Å². The van der Waals surface area contributed by atoms with Gasteiger partial charge in [-0.25, -0.2) is 0 Å². The zero-order valence-electron chi connectivity index (χ0n) is 19.8. The number of aromatic hydroxyl groups is 1. The number of rotatable bonds is 11. The van der Waals surface area contributed by atoms with E-state index in [4.69, 9.17) is 5.11 Å². The third-order valence-corrected chi connectivity index (χ3v) is 4.55. The fraction of sp³-hybridized carbons (Fsp3) is 0.696. The summed E-state index contributed by atoms with van der Waals surface area (Å²) in [4.78, 5) is 16.7. The van der Waals surface area contributed by atoms with E-state index in [2.05, 4.69) is 47.9 Å². The Kier molecular flexibility index (Phi) is 13.6. The van der Waals surface area contributed by atoms with Crippen LogP contribution in [0.15, 0.2) is 12.1 Å². The van der Waals surface area contributed by atoms with Gasteiger partial charge in [0.05, 0.1) is 5.92 Å². The van der Waals surface area contributed by atoms with Gasteiger partial charge in [-0.3, -0.25) is 4.79 Å². The van der Waals surface area contributed by atoms with Crippen LogP contribution in [-0.2, 0) is 24.4 Å². The highest BCUT2D eigenvalue weighted by Gasteiger charge is 2.13. The van der Waals surface area contributed by atoms with Gasteiger partial charge in [-0.05, 0) is 72.8 Å². The van der Waals surface area contributed by atoms with Crippen molar-refractivity contribution >= 4 is 5.97 Å². The van der Waals surface area contributed by atoms with Crippen molar-refractivity contribution < 1.29 is 15.0 Å². The molecule has 0 unspecified atom stereocenters. The monoisotopic (exact) mass is 409 g/mol. The maximum Gasteiger partial charge on any atom is 0.306 e. The minimum absolute atomic E-state index is 0.111. The quantitative estimate of drug-likeness (QED) is 0.578. The van der Waals surface area contributed by atoms with Gasteiger partial charge < -0.3 is 24.9 Å². The van der Waals surface area contributed by atoms with E-state index >= 15 is 0 Å². The second-order valence-electron chi connectivity index (χ2n) is 8.56. The molecular formula is C23H43N3O3. The van der Waals surface area contributed by atoms with Gasteiger partial charge in [-0.15, -0.1) is 0 Å². The van der Waals surface area contributed by atoms with Crippen molar-refractivity contribution in [3.05, 3.63) is 28.8 Å². The molecule has 0 saturated carbocycles. The van der Waals surface area contributed by atoms with Crippen LogP contribution in [0.5, 0.6) is 5.75 Å². The Balaban J connectivity index is 0.000000665. The first-order valence-electron chi connectivity index (χ1n) is 10.5. The number of benzene rings is 1. The molecule has 0 radical (unpaired) electrons. The lowest BCUT2D eigenvalue weighted by atomic mass is 10.00. The van der Waals surface area contributed by atoms with Crippen LogP contribution < -0.4 is 0 Å². The molecule has 0 fully saturated rings. The minimum Gasteiger partial charge on any atom is -0.507 e. The molecule has 168 valence electrons. The van der Waals surface area contributed by atoms with E-state index in [1.807, 2.05) is 35.1 Å². The highest BCUT2D eigenvalue weighted by molar-refractivity contribution is 5.69. The summed E-state index contributed by atoms with van der Waals surface area (Å²) in [6.45, 7) is 6.41. The highest BCUT2D eigenvalue weighted by atomic mass is 16.4. The van der Waals surface area contributed by atoms with Gasteiger partial charge in [0.15, 0.2) is 0 Å². The van der Waals surface area contributed by atoms with Crippen LogP contribution in [-0.4, -0.2) is 73.2 Å². The van der Waals surface area contributed by atoms with E-state index in [1.54, 1.807) is 0 Å². The molecule has 6 nitrogen and oxygen atoms in total. The summed E-state index contributed by atoms with van der Waals surface area (Å²) in [5.41, 5.74) is 3.25. The smallest absolute Gasteiger partial charge is 0.306 e. The standard InChI is InChI=1S/C15H27N3O.C8H16O2/c1-16(2)9-12-7-13(10-17(3)4)15(19)14(8-12)11-18(5)6;1-3-5-6-7(4-2)8(9)10/h7-8,19H,9-11H2,1-6H3;7H,3-6H2,1-2H3,(H,9,10)/t;7-/m.0/s1. The van der Waals surface area contributed by atoms with Crippen molar-refractivity contribution in [1.29, 1.82) is 0 Å². The predicted octanol–water partition coefficient (Wildman–Crippen LogP) is 3.86. The molecule has 0 amide bonds. The minimum atomic E-state index is -0.643. The summed E-state index contributed by atoms with van der Waals surface area (Å²) in [7, 11) is 12.2. The number of phenols is 1. The summed E-state index contributed by atoms with van der Waals surface area (Å²) in [5.74, 6) is -0.319. The van der Waals surface area contributed by atoms with E-state index in [0.29, 0.717) is 5.75 Å². The first-order valence-corrected chi connectivity index (χ1v) is 10.5. The average molecular weight is 410 g/mol. The number of aliphatic carboxylic acids is 1. The maximum absolute atomic E-state index is 10.4. The first-order chi connectivity index (χ1) is 13.5. The van der Waals surface area contributed by atoms with Crippen LogP contribution in [0.2, 0.25) is 0 Å². The van der Waals surface area contributed by atoms with Crippen molar-refractivity contribution in [3.63, 3.8) is 0 Å². The second kappa shape index (κ2) is 14.4. The molecule has 0 aromatic heterocycles. The number of phenolic OH excluding ortho intramolecular Hbond substituents is 1. The van der Waals surface area contributed by atoms with Gasteiger partial charge in [0.1, 0.15) is 5.75 Å². The number of carbonyl (C=O) groups is 1. The van der Waals surface area contributed by atoms with Crippen LogP contribution in [0.1, 0.15) is 56.2 Å². The second-order valence-corrected chi connectivity index (χ2v) is 8.56. The van der Waals surface area contributed by atoms with Gasteiger partial charge in [-0.2, -0.15) is 0 Å². The Bertz CT molecular complexity index is 570. The Hall–Kier alpha value is -1.63.